The first-order chi connectivity index (χ1) is 12.6. The van der Waals surface area contributed by atoms with E-state index in [1.54, 1.807) is 24.3 Å². The average Bonchev–Trinajstić information content (AvgIpc) is 3.28. The van der Waals surface area contributed by atoms with Gasteiger partial charge in [0.1, 0.15) is 11.1 Å². The molecule has 26 heavy (non-hydrogen) atoms. The van der Waals surface area contributed by atoms with Gasteiger partial charge in [-0.1, -0.05) is 35.3 Å². The Labute approximate surface area is 163 Å². The maximum Gasteiger partial charge on any atom is 0.231 e. The molecule has 0 unspecified atom stereocenters. The van der Waals surface area contributed by atoms with Crippen molar-refractivity contribution >= 4 is 46.2 Å². The van der Waals surface area contributed by atoms with Crippen LogP contribution >= 0.6 is 34.5 Å². The van der Waals surface area contributed by atoms with E-state index in [0.29, 0.717) is 37.7 Å². The maximum absolute atomic E-state index is 9.58. The van der Waals surface area contributed by atoms with Crippen molar-refractivity contribution in [1.29, 1.82) is 5.26 Å². The summed E-state index contributed by atoms with van der Waals surface area (Å²) in [5.41, 5.74) is 2.76. The molecule has 0 bridgehead atoms. The normalized spacial score (nSPS) is 12.9. The minimum atomic E-state index is 0.166. The summed E-state index contributed by atoms with van der Waals surface area (Å²) < 4.78 is 10.7. The van der Waals surface area contributed by atoms with E-state index in [1.807, 2.05) is 23.6 Å². The summed E-state index contributed by atoms with van der Waals surface area (Å²) in [4.78, 5) is 4.56. The molecule has 0 atom stereocenters. The van der Waals surface area contributed by atoms with Crippen molar-refractivity contribution in [3.8, 4) is 28.8 Å². The van der Waals surface area contributed by atoms with Gasteiger partial charge in [-0.3, -0.25) is 0 Å². The predicted molar refractivity (Wildman–Crippen MR) is 104 cm³/mol. The standard InChI is InChI=1S/C19H10Cl2N2O2S/c20-14-3-1-2-11(5-14)16-9-26-19(23-16)13(8-22)4-12-6-17-18(7-15(12)21)25-10-24-17/h1-7,9H,10H2/b13-4+. The van der Waals surface area contributed by atoms with Crippen LogP contribution in [0.2, 0.25) is 10.0 Å². The lowest BCUT2D eigenvalue weighted by Crippen LogP contribution is -1.92. The van der Waals surface area contributed by atoms with Crippen molar-refractivity contribution in [2.45, 2.75) is 0 Å². The van der Waals surface area contributed by atoms with Crippen LogP contribution in [0, 0.1) is 11.3 Å². The zero-order valence-electron chi connectivity index (χ0n) is 13.2. The first-order valence-electron chi connectivity index (χ1n) is 7.57. The van der Waals surface area contributed by atoms with Gasteiger partial charge < -0.3 is 9.47 Å². The van der Waals surface area contributed by atoms with E-state index in [4.69, 9.17) is 32.7 Å². The lowest BCUT2D eigenvalue weighted by molar-refractivity contribution is 0.174. The third-order valence-corrected chi connectivity index (χ3v) is 5.21. The highest BCUT2D eigenvalue weighted by atomic mass is 35.5. The number of allylic oxidation sites excluding steroid dienone is 1. The molecule has 2 heterocycles. The van der Waals surface area contributed by atoms with Gasteiger partial charge in [0, 0.05) is 22.0 Å². The molecule has 0 aliphatic carbocycles. The number of halogens is 2. The van der Waals surface area contributed by atoms with Gasteiger partial charge in [-0.2, -0.15) is 5.26 Å². The Bertz CT molecular complexity index is 1070. The molecule has 0 saturated carbocycles. The summed E-state index contributed by atoms with van der Waals surface area (Å²) >= 11 is 13.7. The maximum atomic E-state index is 9.58. The smallest absolute Gasteiger partial charge is 0.231 e. The summed E-state index contributed by atoms with van der Waals surface area (Å²) in [7, 11) is 0. The fraction of sp³-hybridized carbons (Fsp3) is 0.0526. The zero-order chi connectivity index (χ0) is 18.1. The van der Waals surface area contributed by atoms with E-state index < -0.39 is 0 Å². The second-order valence-corrected chi connectivity index (χ2v) is 7.15. The molecule has 0 amide bonds. The highest BCUT2D eigenvalue weighted by molar-refractivity contribution is 7.11. The van der Waals surface area contributed by atoms with Crippen molar-refractivity contribution in [2.75, 3.05) is 6.79 Å². The molecule has 2 aromatic carbocycles. The quantitative estimate of drug-likeness (QED) is 0.512. The summed E-state index contributed by atoms with van der Waals surface area (Å²) in [5, 5.41) is 13.2. The van der Waals surface area contributed by atoms with Gasteiger partial charge in [-0.05, 0) is 29.8 Å². The number of rotatable bonds is 3. The third-order valence-electron chi connectivity index (χ3n) is 3.77. The number of ether oxygens (including phenoxy) is 2. The number of benzene rings is 2. The Kier molecular flexibility index (Phi) is 4.56. The molecule has 0 N–H and O–H groups in total. The van der Waals surface area contributed by atoms with Crippen LogP contribution in [0.25, 0.3) is 22.9 Å². The molecule has 0 saturated heterocycles. The minimum absolute atomic E-state index is 0.166. The first-order valence-corrected chi connectivity index (χ1v) is 9.20. The van der Waals surface area contributed by atoms with E-state index in [2.05, 4.69) is 11.1 Å². The zero-order valence-corrected chi connectivity index (χ0v) is 15.5. The molecule has 0 fully saturated rings. The van der Waals surface area contributed by atoms with Gasteiger partial charge in [-0.15, -0.1) is 11.3 Å². The fourth-order valence-electron chi connectivity index (χ4n) is 2.52. The van der Waals surface area contributed by atoms with Crippen LogP contribution in [0.15, 0.2) is 41.8 Å². The van der Waals surface area contributed by atoms with Crippen molar-refractivity contribution in [3.63, 3.8) is 0 Å². The molecule has 4 nitrogen and oxygen atoms in total. The number of nitrogens with zero attached hydrogens (tertiary/aromatic N) is 2. The first kappa shape index (κ1) is 16.9. The van der Waals surface area contributed by atoms with Crippen molar-refractivity contribution in [3.05, 3.63) is 62.4 Å². The summed E-state index contributed by atoms with van der Waals surface area (Å²) in [6.45, 7) is 0.166. The minimum Gasteiger partial charge on any atom is -0.454 e. The number of hydrogen-bond donors (Lipinski definition) is 0. The van der Waals surface area contributed by atoms with Gasteiger partial charge in [0.2, 0.25) is 6.79 Å². The molecule has 1 aliphatic rings. The van der Waals surface area contributed by atoms with Crippen LogP contribution < -0.4 is 9.47 Å². The molecule has 4 rings (SSSR count). The highest BCUT2D eigenvalue weighted by Crippen LogP contribution is 2.38. The van der Waals surface area contributed by atoms with Crippen LogP contribution in [0.3, 0.4) is 0 Å². The number of nitriles is 1. The van der Waals surface area contributed by atoms with Crippen LogP contribution in [0.1, 0.15) is 10.6 Å². The van der Waals surface area contributed by atoms with Crippen molar-refractivity contribution < 1.29 is 9.47 Å². The van der Waals surface area contributed by atoms with Gasteiger partial charge >= 0.3 is 0 Å². The summed E-state index contributed by atoms with van der Waals surface area (Å²) in [6, 6.07) is 13.1. The molecule has 128 valence electrons. The molecule has 0 spiro atoms. The molecule has 1 aromatic heterocycles. The molecule has 7 heteroatoms. The Morgan fingerprint density at radius 2 is 2.00 bits per heavy atom. The highest BCUT2D eigenvalue weighted by Gasteiger charge is 2.17. The van der Waals surface area contributed by atoms with E-state index in [9.17, 15) is 5.26 Å². The monoisotopic (exact) mass is 400 g/mol. The molecule has 3 aromatic rings. The van der Waals surface area contributed by atoms with Crippen molar-refractivity contribution in [2.24, 2.45) is 0 Å². The lowest BCUT2D eigenvalue weighted by Gasteiger charge is -2.02. The number of hydrogen-bond acceptors (Lipinski definition) is 5. The second-order valence-electron chi connectivity index (χ2n) is 5.45. The van der Waals surface area contributed by atoms with Gasteiger partial charge in [0.05, 0.1) is 16.3 Å². The van der Waals surface area contributed by atoms with Crippen molar-refractivity contribution in [1.82, 2.24) is 4.98 Å². The average molecular weight is 401 g/mol. The Balaban J connectivity index is 1.71. The fourth-order valence-corrected chi connectivity index (χ4v) is 3.71. The number of fused-ring (bicyclic) bond motifs is 1. The Morgan fingerprint density at radius 3 is 2.77 bits per heavy atom. The topological polar surface area (TPSA) is 55.1 Å². The summed E-state index contributed by atoms with van der Waals surface area (Å²) in [5.74, 6) is 1.21. The van der Waals surface area contributed by atoms with E-state index >= 15 is 0 Å². The van der Waals surface area contributed by atoms with Crippen LogP contribution in [-0.2, 0) is 0 Å². The third kappa shape index (κ3) is 3.27. The molecular formula is C19H10Cl2N2O2S. The van der Waals surface area contributed by atoms with Crippen LogP contribution in [0.5, 0.6) is 11.5 Å². The molecular weight excluding hydrogens is 391 g/mol. The largest absolute Gasteiger partial charge is 0.454 e. The Hall–Kier alpha value is -2.52. The summed E-state index contributed by atoms with van der Waals surface area (Å²) in [6.07, 6.45) is 1.70. The van der Waals surface area contributed by atoms with Gasteiger partial charge in [0.15, 0.2) is 11.5 Å². The SMILES string of the molecule is N#C/C(=C\c1cc2c(cc1Cl)OCO2)c1nc(-c2cccc(Cl)c2)cs1. The number of thiazole rings is 1. The molecule has 0 radical (unpaired) electrons. The predicted octanol–water partition coefficient (Wildman–Crippen LogP) is 5.91. The second kappa shape index (κ2) is 7.00. The molecule has 1 aliphatic heterocycles. The van der Waals surface area contributed by atoms with Gasteiger partial charge in [0.25, 0.3) is 0 Å². The van der Waals surface area contributed by atoms with Crippen LogP contribution in [-0.4, -0.2) is 11.8 Å². The Morgan fingerprint density at radius 1 is 1.19 bits per heavy atom. The van der Waals surface area contributed by atoms with E-state index in [1.165, 1.54) is 11.3 Å². The van der Waals surface area contributed by atoms with E-state index in [-0.39, 0.29) is 6.79 Å². The van der Waals surface area contributed by atoms with Crippen LogP contribution in [0.4, 0.5) is 0 Å². The van der Waals surface area contributed by atoms with Gasteiger partial charge in [-0.25, -0.2) is 4.98 Å². The van der Waals surface area contributed by atoms with E-state index in [0.717, 1.165) is 11.3 Å². The lowest BCUT2D eigenvalue weighted by atomic mass is 10.1. The number of aromatic nitrogens is 1.